The summed E-state index contributed by atoms with van der Waals surface area (Å²) in [5.74, 6) is 0.454. The van der Waals surface area contributed by atoms with Crippen molar-refractivity contribution in [1.29, 1.82) is 0 Å². The second-order valence-corrected chi connectivity index (χ2v) is 8.02. The van der Waals surface area contributed by atoms with Crippen molar-refractivity contribution < 1.29 is 9.53 Å². The first-order valence-electron chi connectivity index (χ1n) is 9.04. The smallest absolute Gasteiger partial charge is 0.316 e. The van der Waals surface area contributed by atoms with Gasteiger partial charge in [-0.2, -0.15) is 0 Å². The molecule has 0 unspecified atom stereocenters. The first-order valence-corrected chi connectivity index (χ1v) is 10.8. The highest BCUT2D eigenvalue weighted by atomic mass is 32.2. The number of hydrogen-bond acceptors (Lipinski definition) is 7. The zero-order chi connectivity index (χ0) is 20.2. The molecular weight excluding hydrogens is 408 g/mol. The molecule has 0 fully saturated rings. The third-order valence-electron chi connectivity index (χ3n) is 4.21. The number of benzene rings is 2. The van der Waals surface area contributed by atoms with E-state index in [4.69, 9.17) is 4.74 Å². The molecule has 0 aliphatic rings. The number of ether oxygens (including phenoxy) is 1. The van der Waals surface area contributed by atoms with Crippen LogP contribution in [0.4, 0.5) is 0 Å². The Morgan fingerprint density at radius 2 is 1.86 bits per heavy atom. The van der Waals surface area contributed by atoms with E-state index < -0.39 is 0 Å². The van der Waals surface area contributed by atoms with Gasteiger partial charge in [0.25, 0.3) is 0 Å². The molecule has 148 valence electrons. The van der Waals surface area contributed by atoms with E-state index in [1.54, 1.807) is 11.5 Å². The Kier molecular flexibility index (Phi) is 5.77. The van der Waals surface area contributed by atoms with Crippen LogP contribution in [0, 0.1) is 0 Å². The summed E-state index contributed by atoms with van der Waals surface area (Å²) in [6, 6.07) is 17.3. The molecule has 0 spiro atoms. The number of thioether (sulfide) groups is 1. The van der Waals surface area contributed by atoms with Gasteiger partial charge in [-0.15, -0.1) is 10.2 Å². The number of aromatic nitrogens is 4. The molecule has 0 radical (unpaired) electrons. The third kappa shape index (κ3) is 4.10. The van der Waals surface area contributed by atoms with Gasteiger partial charge in [-0.1, -0.05) is 53.4 Å². The molecule has 9 heteroatoms. The summed E-state index contributed by atoms with van der Waals surface area (Å²) in [7, 11) is 0. The predicted molar refractivity (Wildman–Crippen MR) is 114 cm³/mol. The minimum Gasteiger partial charge on any atom is -0.465 e. The fourth-order valence-electron chi connectivity index (χ4n) is 2.96. The minimum atomic E-state index is -0.304. The van der Waals surface area contributed by atoms with Crippen molar-refractivity contribution in [2.24, 2.45) is 0 Å². The molecule has 0 amide bonds. The van der Waals surface area contributed by atoms with E-state index in [2.05, 4.69) is 10.2 Å². The SMILES string of the molecule is CCOC(=O)CSc1nnc(Cn2c(=O)sc3ccccc32)n1-c1ccccc1. The number of para-hydroxylation sites is 2. The van der Waals surface area contributed by atoms with E-state index >= 15 is 0 Å². The number of hydrogen-bond donors (Lipinski definition) is 0. The Bertz CT molecular complexity index is 1200. The fourth-order valence-corrected chi connectivity index (χ4v) is 4.62. The monoisotopic (exact) mass is 426 g/mol. The highest BCUT2D eigenvalue weighted by Crippen LogP contribution is 2.24. The molecular formula is C20H18N4O3S2. The van der Waals surface area contributed by atoms with E-state index in [-0.39, 0.29) is 23.1 Å². The van der Waals surface area contributed by atoms with Crippen LogP contribution in [0.1, 0.15) is 12.7 Å². The Balaban J connectivity index is 1.72. The van der Waals surface area contributed by atoms with Crippen LogP contribution in [0.5, 0.6) is 0 Å². The van der Waals surface area contributed by atoms with Gasteiger partial charge in [0.15, 0.2) is 11.0 Å². The molecule has 0 N–H and O–H groups in total. The van der Waals surface area contributed by atoms with Gasteiger partial charge in [-0.3, -0.25) is 18.7 Å². The molecule has 0 saturated carbocycles. The van der Waals surface area contributed by atoms with Crippen LogP contribution < -0.4 is 4.87 Å². The Morgan fingerprint density at radius 3 is 2.66 bits per heavy atom. The number of fused-ring (bicyclic) bond motifs is 1. The minimum absolute atomic E-state index is 0.0467. The quantitative estimate of drug-likeness (QED) is 0.333. The van der Waals surface area contributed by atoms with Gasteiger partial charge >= 0.3 is 10.8 Å². The van der Waals surface area contributed by atoms with Crippen molar-refractivity contribution in [2.75, 3.05) is 12.4 Å². The van der Waals surface area contributed by atoms with Crippen LogP contribution in [-0.2, 0) is 16.1 Å². The summed E-state index contributed by atoms with van der Waals surface area (Å²) in [5.41, 5.74) is 1.73. The third-order valence-corrected chi connectivity index (χ3v) is 6.08. The van der Waals surface area contributed by atoms with E-state index in [9.17, 15) is 9.59 Å². The molecule has 0 saturated heterocycles. The summed E-state index contributed by atoms with van der Waals surface area (Å²) < 4.78 is 9.51. The maximum absolute atomic E-state index is 12.5. The number of nitrogens with zero attached hydrogens (tertiary/aromatic N) is 4. The first kappa shape index (κ1) is 19.4. The highest BCUT2D eigenvalue weighted by molar-refractivity contribution is 7.99. The number of carbonyl (C=O) groups is 1. The average Bonchev–Trinajstić information content (AvgIpc) is 3.28. The van der Waals surface area contributed by atoms with Gasteiger partial charge in [0, 0.05) is 5.69 Å². The highest BCUT2D eigenvalue weighted by Gasteiger charge is 2.18. The predicted octanol–water partition coefficient (Wildman–Crippen LogP) is 3.35. The maximum Gasteiger partial charge on any atom is 0.316 e. The van der Waals surface area contributed by atoms with Crippen LogP contribution in [0.15, 0.2) is 64.5 Å². The summed E-state index contributed by atoms with van der Waals surface area (Å²) in [5, 5.41) is 9.17. The number of thiazole rings is 1. The molecule has 0 bridgehead atoms. The van der Waals surface area contributed by atoms with Crippen molar-refractivity contribution in [2.45, 2.75) is 18.6 Å². The molecule has 2 aromatic carbocycles. The van der Waals surface area contributed by atoms with Crippen LogP contribution in [0.2, 0.25) is 0 Å². The lowest BCUT2D eigenvalue weighted by molar-refractivity contribution is -0.139. The van der Waals surface area contributed by atoms with Crippen LogP contribution in [0.25, 0.3) is 15.9 Å². The maximum atomic E-state index is 12.5. The molecule has 4 aromatic rings. The van der Waals surface area contributed by atoms with E-state index in [1.165, 1.54) is 23.1 Å². The summed E-state index contributed by atoms with van der Waals surface area (Å²) in [4.78, 5) is 24.3. The van der Waals surface area contributed by atoms with Gasteiger partial charge in [-0.25, -0.2) is 0 Å². The largest absolute Gasteiger partial charge is 0.465 e. The second kappa shape index (κ2) is 8.62. The molecule has 7 nitrogen and oxygen atoms in total. The fraction of sp³-hybridized carbons (Fsp3) is 0.200. The zero-order valence-corrected chi connectivity index (χ0v) is 17.3. The Hall–Kier alpha value is -2.91. The molecule has 0 aliphatic carbocycles. The van der Waals surface area contributed by atoms with Crippen LogP contribution in [0.3, 0.4) is 0 Å². The first-order chi connectivity index (χ1) is 14.2. The van der Waals surface area contributed by atoms with Gasteiger partial charge in [0.1, 0.15) is 0 Å². The topological polar surface area (TPSA) is 79.0 Å². The lowest BCUT2D eigenvalue weighted by Crippen LogP contribution is -2.17. The molecule has 0 aliphatic heterocycles. The standard InChI is InChI=1S/C20H18N4O3S2/c1-2-27-18(25)13-28-19-22-21-17(24(19)14-8-4-3-5-9-14)12-23-15-10-6-7-11-16(15)29-20(23)26/h3-11H,2,12-13H2,1H3. The van der Waals surface area contributed by atoms with E-state index in [1.807, 2.05) is 59.2 Å². The molecule has 4 rings (SSSR count). The zero-order valence-electron chi connectivity index (χ0n) is 15.6. The molecule has 0 atom stereocenters. The van der Waals surface area contributed by atoms with Crippen molar-refractivity contribution >= 4 is 39.3 Å². The Morgan fingerprint density at radius 1 is 1.10 bits per heavy atom. The van der Waals surface area contributed by atoms with Gasteiger partial charge in [0.2, 0.25) is 0 Å². The summed E-state index contributed by atoms with van der Waals surface area (Å²) in [6.45, 7) is 2.39. The lowest BCUT2D eigenvalue weighted by atomic mass is 10.3. The molecule has 29 heavy (non-hydrogen) atoms. The number of esters is 1. The molecule has 2 heterocycles. The molecule has 2 aromatic heterocycles. The van der Waals surface area contributed by atoms with E-state index in [0.29, 0.717) is 17.6 Å². The Labute approximate surface area is 175 Å². The van der Waals surface area contributed by atoms with Crippen molar-refractivity contribution in [3.8, 4) is 5.69 Å². The van der Waals surface area contributed by atoms with Gasteiger partial charge in [-0.05, 0) is 31.2 Å². The van der Waals surface area contributed by atoms with Crippen LogP contribution in [-0.4, -0.2) is 37.7 Å². The van der Waals surface area contributed by atoms with Gasteiger partial charge < -0.3 is 4.74 Å². The van der Waals surface area contributed by atoms with Crippen LogP contribution >= 0.6 is 23.1 Å². The lowest BCUT2D eigenvalue weighted by Gasteiger charge is -2.10. The second-order valence-electron chi connectivity index (χ2n) is 6.09. The number of rotatable bonds is 7. The summed E-state index contributed by atoms with van der Waals surface area (Å²) in [6.07, 6.45) is 0. The summed E-state index contributed by atoms with van der Waals surface area (Å²) >= 11 is 2.47. The number of carbonyl (C=O) groups excluding carboxylic acids is 1. The van der Waals surface area contributed by atoms with Crippen molar-refractivity contribution in [3.05, 3.63) is 70.1 Å². The van der Waals surface area contributed by atoms with Gasteiger partial charge in [0.05, 0.1) is 29.1 Å². The van der Waals surface area contributed by atoms with Crippen molar-refractivity contribution in [1.82, 2.24) is 19.3 Å². The average molecular weight is 427 g/mol. The van der Waals surface area contributed by atoms with E-state index in [0.717, 1.165) is 15.9 Å². The normalized spacial score (nSPS) is 11.1. The van der Waals surface area contributed by atoms with Crippen molar-refractivity contribution in [3.63, 3.8) is 0 Å².